The van der Waals surface area contributed by atoms with Crippen LogP contribution in [0.15, 0.2) is 0 Å². The van der Waals surface area contributed by atoms with Crippen molar-refractivity contribution in [1.82, 2.24) is 0 Å². The summed E-state index contributed by atoms with van der Waals surface area (Å²) >= 11 is 0. The summed E-state index contributed by atoms with van der Waals surface area (Å²) in [6.45, 7) is 13.3. The molecule has 0 amide bonds. The average Bonchev–Trinajstić information content (AvgIpc) is 2.20. The van der Waals surface area contributed by atoms with E-state index in [2.05, 4.69) is 0 Å². The lowest BCUT2D eigenvalue weighted by atomic mass is 10.5. The van der Waals surface area contributed by atoms with Crippen molar-refractivity contribution in [3.05, 3.63) is 0 Å². The summed E-state index contributed by atoms with van der Waals surface area (Å²) in [6, 6.07) is -0.171. The van der Waals surface area contributed by atoms with E-state index in [1.807, 2.05) is 0 Å². The fourth-order valence-corrected chi connectivity index (χ4v) is 9.04. The normalized spacial score (nSPS) is 18.7. The minimum absolute atomic E-state index is 0.171. The molecule has 23 heavy (non-hydrogen) atoms. The Morgan fingerprint density at radius 3 is 1.74 bits per heavy atom. The molecule has 0 aromatic rings. The third kappa shape index (κ3) is 8.27. The van der Waals surface area contributed by atoms with Crippen LogP contribution < -0.4 is 0 Å². The molecule has 2 N–H and O–H groups in total. The zero-order valence-corrected chi connectivity index (χ0v) is 18.3. The van der Waals surface area contributed by atoms with Crippen LogP contribution in [0.3, 0.4) is 0 Å². The van der Waals surface area contributed by atoms with Gasteiger partial charge in [-0.05, 0) is 59.6 Å². The number of alkyl halides is 3. The molecule has 0 saturated carbocycles. The molecule has 2 atom stereocenters. The van der Waals surface area contributed by atoms with Gasteiger partial charge in [-0.1, -0.05) is 0 Å². The standard InChI is InChI=1S/C13H31F3O4Si3/c1-11(19-22(6,7)18)23(8,10-9-13(14,15)16)20-12(2,3)21(4,5)17/h11,17-18H,9-10H2,1-8H3. The van der Waals surface area contributed by atoms with Gasteiger partial charge in [0.1, 0.15) is 0 Å². The first kappa shape index (κ1) is 23.3. The first-order valence-corrected chi connectivity index (χ1v) is 16.2. The van der Waals surface area contributed by atoms with E-state index in [1.165, 1.54) is 0 Å². The molecule has 0 radical (unpaired) electrons. The number of hydrogen-bond donors (Lipinski definition) is 2. The van der Waals surface area contributed by atoms with E-state index in [1.54, 1.807) is 53.5 Å². The Morgan fingerprint density at radius 1 is 1.00 bits per heavy atom. The fourth-order valence-electron chi connectivity index (χ4n) is 1.99. The largest absolute Gasteiger partial charge is 0.429 e. The Kier molecular flexibility index (Phi) is 7.35. The first-order valence-electron chi connectivity index (χ1n) is 7.69. The molecule has 0 rings (SSSR count). The van der Waals surface area contributed by atoms with Gasteiger partial charge in [0, 0.05) is 6.42 Å². The Labute approximate surface area is 140 Å². The summed E-state index contributed by atoms with van der Waals surface area (Å²) < 4.78 is 49.8. The van der Waals surface area contributed by atoms with Crippen molar-refractivity contribution in [3.63, 3.8) is 0 Å². The Hall–Kier alpha value is 0.281. The van der Waals surface area contributed by atoms with Gasteiger partial charge in [-0.15, -0.1) is 0 Å². The highest BCUT2D eigenvalue weighted by Gasteiger charge is 2.50. The highest BCUT2D eigenvalue weighted by atomic mass is 28.4. The van der Waals surface area contributed by atoms with Crippen molar-refractivity contribution in [3.8, 4) is 0 Å². The molecule has 0 aliphatic carbocycles. The molecule has 0 saturated heterocycles. The van der Waals surface area contributed by atoms with E-state index in [0.29, 0.717) is 0 Å². The maximum absolute atomic E-state index is 12.7. The van der Waals surface area contributed by atoms with Crippen LogP contribution in [0, 0.1) is 0 Å². The first-order chi connectivity index (χ1) is 9.79. The molecular formula is C13H31F3O4Si3. The van der Waals surface area contributed by atoms with Gasteiger partial charge in [-0.3, -0.25) is 0 Å². The van der Waals surface area contributed by atoms with Crippen LogP contribution >= 0.6 is 0 Å². The molecule has 140 valence electrons. The minimum Gasteiger partial charge on any atom is -0.429 e. The molecule has 0 aromatic heterocycles. The molecule has 0 bridgehead atoms. The van der Waals surface area contributed by atoms with Gasteiger partial charge >= 0.3 is 14.7 Å². The van der Waals surface area contributed by atoms with Crippen LogP contribution in [0.25, 0.3) is 0 Å². The minimum atomic E-state index is -4.28. The Morgan fingerprint density at radius 2 is 1.43 bits per heavy atom. The van der Waals surface area contributed by atoms with Crippen LogP contribution in [0.1, 0.15) is 27.2 Å². The molecular weight excluding hydrogens is 361 g/mol. The van der Waals surface area contributed by atoms with Crippen molar-refractivity contribution in [1.29, 1.82) is 0 Å². The molecule has 0 aliphatic rings. The lowest BCUT2D eigenvalue weighted by molar-refractivity contribution is -0.131. The maximum atomic E-state index is 12.7. The second kappa shape index (κ2) is 7.26. The lowest BCUT2D eigenvalue weighted by Crippen LogP contribution is -2.62. The third-order valence-electron chi connectivity index (χ3n) is 4.19. The number of halogens is 3. The third-order valence-corrected chi connectivity index (χ3v) is 12.7. The molecule has 0 spiro atoms. The zero-order chi connectivity index (χ0) is 18.9. The zero-order valence-electron chi connectivity index (χ0n) is 15.3. The summed E-state index contributed by atoms with van der Waals surface area (Å²) in [5.41, 5.74) is -0.604. The summed E-state index contributed by atoms with van der Waals surface area (Å²) in [5, 5.41) is -0.904. The van der Waals surface area contributed by atoms with Crippen molar-refractivity contribution >= 4 is 25.2 Å². The summed E-state index contributed by atoms with van der Waals surface area (Å²) in [4.78, 5) is 20.3. The van der Waals surface area contributed by atoms with Crippen LogP contribution in [0.4, 0.5) is 13.2 Å². The molecule has 0 fully saturated rings. The van der Waals surface area contributed by atoms with Gasteiger partial charge in [0.25, 0.3) is 0 Å². The van der Waals surface area contributed by atoms with E-state index < -0.39 is 48.7 Å². The maximum Gasteiger partial charge on any atom is 0.388 e. The molecule has 10 heteroatoms. The molecule has 0 aliphatic heterocycles. The quantitative estimate of drug-likeness (QED) is 0.619. The predicted octanol–water partition coefficient (Wildman–Crippen LogP) is 3.68. The van der Waals surface area contributed by atoms with Crippen molar-refractivity contribution in [2.24, 2.45) is 0 Å². The topological polar surface area (TPSA) is 58.9 Å². The Balaban J connectivity index is 5.45. The van der Waals surface area contributed by atoms with E-state index in [-0.39, 0.29) is 6.04 Å². The van der Waals surface area contributed by atoms with Gasteiger partial charge < -0.3 is 18.4 Å². The van der Waals surface area contributed by atoms with Gasteiger partial charge in [-0.2, -0.15) is 13.2 Å². The van der Waals surface area contributed by atoms with E-state index >= 15 is 0 Å². The molecule has 4 nitrogen and oxygen atoms in total. The van der Waals surface area contributed by atoms with Gasteiger partial charge in [-0.25, -0.2) is 0 Å². The van der Waals surface area contributed by atoms with Crippen LogP contribution in [0.2, 0.25) is 38.8 Å². The molecule has 0 aromatic carbocycles. The highest BCUT2D eigenvalue weighted by molar-refractivity contribution is 6.78. The SMILES string of the molecule is CC(O[Si](C)(C)O)[Si](C)(CCC(F)(F)F)OC(C)(C)[Si](C)(C)O. The summed E-state index contributed by atoms with van der Waals surface area (Å²) in [7, 11) is -8.66. The average molecular weight is 393 g/mol. The van der Waals surface area contributed by atoms with Crippen molar-refractivity contribution in [2.75, 3.05) is 0 Å². The van der Waals surface area contributed by atoms with Gasteiger partial charge in [0.05, 0.1) is 11.0 Å². The summed E-state index contributed by atoms with van der Waals surface area (Å²) in [6.07, 6.45) is -5.24. The van der Waals surface area contributed by atoms with Crippen LogP contribution in [-0.4, -0.2) is 51.9 Å². The van der Waals surface area contributed by atoms with Crippen molar-refractivity contribution in [2.45, 2.75) is 83.1 Å². The van der Waals surface area contributed by atoms with Crippen molar-refractivity contribution < 1.29 is 31.6 Å². The van der Waals surface area contributed by atoms with Crippen LogP contribution in [0.5, 0.6) is 0 Å². The second-order valence-electron chi connectivity index (χ2n) is 7.81. The van der Waals surface area contributed by atoms with E-state index in [4.69, 9.17) is 8.85 Å². The molecule has 2 unspecified atom stereocenters. The second-order valence-corrected chi connectivity index (χ2v) is 19.4. The van der Waals surface area contributed by atoms with Gasteiger partial charge in [0.15, 0.2) is 0 Å². The smallest absolute Gasteiger partial charge is 0.388 e. The summed E-state index contributed by atoms with van der Waals surface area (Å²) in [5.74, 6) is 0. The van der Waals surface area contributed by atoms with Gasteiger partial charge in [0.2, 0.25) is 16.6 Å². The Bertz CT molecular complexity index is 391. The predicted molar refractivity (Wildman–Crippen MR) is 92.2 cm³/mol. The number of hydrogen-bond acceptors (Lipinski definition) is 4. The van der Waals surface area contributed by atoms with Crippen LogP contribution in [-0.2, 0) is 8.85 Å². The van der Waals surface area contributed by atoms with E-state index in [0.717, 1.165) is 0 Å². The van der Waals surface area contributed by atoms with E-state index in [9.17, 15) is 22.8 Å². The monoisotopic (exact) mass is 392 g/mol. The highest BCUT2D eigenvalue weighted by Crippen LogP contribution is 2.35. The fraction of sp³-hybridized carbons (Fsp3) is 1.00. The number of rotatable bonds is 8. The lowest BCUT2D eigenvalue weighted by Gasteiger charge is -2.45. The molecule has 0 heterocycles.